The smallest absolute Gasteiger partial charge is 0.550 e. The van der Waals surface area contributed by atoms with Gasteiger partial charge in [0, 0.05) is 5.97 Å². The van der Waals surface area contributed by atoms with Crippen LogP contribution in [0.5, 0.6) is 0 Å². The summed E-state index contributed by atoms with van der Waals surface area (Å²) in [6, 6.07) is 0. The van der Waals surface area contributed by atoms with E-state index in [0.29, 0.717) is 0 Å². The van der Waals surface area contributed by atoms with Crippen LogP contribution in [0.25, 0.3) is 0 Å². The molecule has 0 radical (unpaired) electrons. The minimum absolute atomic E-state index is 0. The molecule has 0 aromatic heterocycles. The Morgan fingerprint density at radius 3 is 1.92 bits per heavy atom. The van der Waals surface area contributed by atoms with Gasteiger partial charge in [0.1, 0.15) is 0 Å². The minimum Gasteiger partial charge on any atom is -0.550 e. The number of hydrogen-bond acceptors (Lipinski definition) is 2. The van der Waals surface area contributed by atoms with E-state index < -0.39 is 5.97 Å². The normalized spacial score (nSPS) is 9.31. The van der Waals surface area contributed by atoms with Crippen molar-refractivity contribution in [2.45, 2.75) is 58.3 Å². The zero-order valence-corrected chi connectivity index (χ0v) is 11.0. The van der Waals surface area contributed by atoms with Crippen LogP contribution in [0.2, 0.25) is 0 Å². The Hall–Kier alpha value is 0.470. The molecule has 0 aliphatic heterocycles. The van der Waals surface area contributed by atoms with Crippen molar-refractivity contribution < 1.29 is 39.5 Å². The third-order valence-corrected chi connectivity index (χ3v) is 1.98. The maximum atomic E-state index is 10.0. The summed E-state index contributed by atoms with van der Waals surface area (Å²) in [5, 5.41) is 10.0. The number of carboxylic acid groups (broad SMARTS) is 1. The van der Waals surface area contributed by atoms with Crippen LogP contribution >= 0.6 is 0 Å². The van der Waals surface area contributed by atoms with Gasteiger partial charge in [-0.05, 0) is 12.8 Å². The van der Waals surface area contributed by atoms with Crippen molar-refractivity contribution in [3.05, 3.63) is 0 Å². The number of carbonyl (C=O) groups excluding carboxylic acids is 1. The Morgan fingerprint density at radius 2 is 1.46 bits per heavy atom. The van der Waals surface area contributed by atoms with Crippen LogP contribution < -0.4 is 34.7 Å². The molecule has 0 spiro atoms. The topological polar surface area (TPSA) is 40.1 Å². The van der Waals surface area contributed by atoms with Crippen LogP contribution in [-0.4, -0.2) is 5.97 Å². The fourth-order valence-electron chi connectivity index (χ4n) is 1.23. The van der Waals surface area contributed by atoms with Gasteiger partial charge in [0.2, 0.25) is 0 Å². The van der Waals surface area contributed by atoms with E-state index in [2.05, 4.69) is 6.92 Å². The second kappa shape index (κ2) is 12.5. The van der Waals surface area contributed by atoms with Crippen molar-refractivity contribution in [3.63, 3.8) is 0 Å². The average Bonchev–Trinajstić information content (AvgIpc) is 2.02. The van der Waals surface area contributed by atoms with E-state index in [1.165, 1.54) is 32.1 Å². The van der Waals surface area contributed by atoms with Gasteiger partial charge in [-0.1, -0.05) is 45.4 Å². The monoisotopic (exact) mass is 194 g/mol. The molecule has 0 aliphatic rings. The molecule has 72 valence electrons. The molecule has 0 aromatic carbocycles. The Balaban J connectivity index is 0. The summed E-state index contributed by atoms with van der Waals surface area (Å²) in [5.74, 6) is -0.913. The van der Waals surface area contributed by atoms with Gasteiger partial charge in [0.15, 0.2) is 0 Å². The first-order valence-corrected chi connectivity index (χ1v) is 4.97. The van der Waals surface area contributed by atoms with E-state index in [1.807, 2.05) is 0 Å². The molecule has 0 unspecified atom stereocenters. The minimum atomic E-state index is -0.913. The number of carboxylic acids is 1. The summed E-state index contributed by atoms with van der Waals surface area (Å²) in [5.41, 5.74) is 0. The number of rotatable bonds is 8. The molecule has 0 N–H and O–H groups in total. The summed E-state index contributed by atoms with van der Waals surface area (Å²) < 4.78 is 0. The van der Waals surface area contributed by atoms with Crippen molar-refractivity contribution in [3.8, 4) is 0 Å². The Kier molecular flexibility index (Phi) is 15.3. The molecule has 0 fully saturated rings. The third kappa shape index (κ3) is 15.2. The molecule has 0 aromatic rings. The molecule has 0 atom stereocenters. The van der Waals surface area contributed by atoms with Crippen LogP contribution in [-0.2, 0) is 4.79 Å². The molecule has 0 rings (SSSR count). The zero-order valence-electron chi connectivity index (χ0n) is 8.97. The number of hydrogen-bond donors (Lipinski definition) is 0. The maximum Gasteiger partial charge on any atom is 1.00 e. The summed E-state index contributed by atoms with van der Waals surface area (Å²) in [7, 11) is 0. The van der Waals surface area contributed by atoms with Gasteiger partial charge in [-0.25, -0.2) is 0 Å². The van der Waals surface area contributed by atoms with Gasteiger partial charge >= 0.3 is 29.6 Å². The Bertz CT molecular complexity index is 115. The van der Waals surface area contributed by atoms with E-state index in [0.717, 1.165) is 12.8 Å². The molecular weight excluding hydrogens is 175 g/mol. The average molecular weight is 194 g/mol. The summed E-state index contributed by atoms with van der Waals surface area (Å²) in [6.07, 6.45) is 8.34. The summed E-state index contributed by atoms with van der Waals surface area (Å²) in [6.45, 7) is 2.19. The maximum absolute atomic E-state index is 10.0. The molecule has 0 saturated heterocycles. The second-order valence-corrected chi connectivity index (χ2v) is 3.24. The fourth-order valence-corrected chi connectivity index (χ4v) is 1.23. The predicted molar refractivity (Wildman–Crippen MR) is 47.6 cm³/mol. The molecule has 13 heavy (non-hydrogen) atoms. The van der Waals surface area contributed by atoms with Crippen molar-refractivity contribution >= 4 is 5.97 Å². The molecule has 0 saturated carbocycles. The molecule has 0 bridgehead atoms. The van der Waals surface area contributed by atoms with Crippen molar-refractivity contribution in [2.24, 2.45) is 0 Å². The predicted octanol–water partition coefficient (Wildman–Crippen LogP) is -1.12. The van der Waals surface area contributed by atoms with Crippen LogP contribution in [0.15, 0.2) is 0 Å². The number of unbranched alkanes of at least 4 members (excludes halogenated alkanes) is 6. The summed E-state index contributed by atoms with van der Waals surface area (Å²) in [4.78, 5) is 10.0. The zero-order chi connectivity index (χ0) is 9.23. The molecule has 0 amide bonds. The quantitative estimate of drug-likeness (QED) is 0.363. The first kappa shape index (κ1) is 15.9. The van der Waals surface area contributed by atoms with E-state index in [1.54, 1.807) is 0 Å². The number of aliphatic carboxylic acids is 1. The van der Waals surface area contributed by atoms with E-state index >= 15 is 0 Å². The SMILES string of the molecule is CCCCCCCCCC(=O)[O-].[Na+]. The van der Waals surface area contributed by atoms with Crippen molar-refractivity contribution in [1.82, 2.24) is 0 Å². The van der Waals surface area contributed by atoms with Crippen LogP contribution in [0.1, 0.15) is 58.3 Å². The van der Waals surface area contributed by atoms with Gasteiger partial charge in [0.05, 0.1) is 0 Å². The van der Waals surface area contributed by atoms with Gasteiger partial charge in [-0.3, -0.25) is 0 Å². The largest absolute Gasteiger partial charge is 1.00 e. The van der Waals surface area contributed by atoms with E-state index in [9.17, 15) is 9.90 Å². The Morgan fingerprint density at radius 1 is 1.00 bits per heavy atom. The fraction of sp³-hybridized carbons (Fsp3) is 0.900. The number of carbonyl (C=O) groups is 1. The molecular formula is C10H19NaO2. The van der Waals surface area contributed by atoms with Crippen LogP contribution in [0.3, 0.4) is 0 Å². The standard InChI is InChI=1S/C10H20O2.Na/c1-2-3-4-5-6-7-8-9-10(11)12;/h2-9H2,1H3,(H,11,12);/q;+1/p-1. The third-order valence-electron chi connectivity index (χ3n) is 1.98. The molecule has 0 heterocycles. The van der Waals surface area contributed by atoms with Crippen molar-refractivity contribution in [1.29, 1.82) is 0 Å². The van der Waals surface area contributed by atoms with Crippen molar-refractivity contribution in [2.75, 3.05) is 0 Å². The molecule has 0 aliphatic carbocycles. The Labute approximate surface area is 103 Å². The summed E-state index contributed by atoms with van der Waals surface area (Å²) >= 11 is 0. The molecule has 2 nitrogen and oxygen atoms in total. The first-order chi connectivity index (χ1) is 5.77. The van der Waals surface area contributed by atoms with Gasteiger partial charge in [-0.2, -0.15) is 0 Å². The first-order valence-electron chi connectivity index (χ1n) is 4.97. The van der Waals surface area contributed by atoms with Gasteiger partial charge in [-0.15, -0.1) is 0 Å². The van der Waals surface area contributed by atoms with Gasteiger partial charge in [0.25, 0.3) is 0 Å². The molecule has 3 heteroatoms. The second-order valence-electron chi connectivity index (χ2n) is 3.24. The van der Waals surface area contributed by atoms with Crippen LogP contribution in [0, 0.1) is 0 Å². The van der Waals surface area contributed by atoms with E-state index in [-0.39, 0.29) is 36.0 Å². The van der Waals surface area contributed by atoms with Crippen LogP contribution in [0.4, 0.5) is 0 Å². The van der Waals surface area contributed by atoms with Gasteiger partial charge < -0.3 is 9.90 Å². The van der Waals surface area contributed by atoms with E-state index in [4.69, 9.17) is 0 Å².